The molecule has 1 aromatic carbocycles. The molecule has 3 heteroatoms. The zero-order chi connectivity index (χ0) is 12.4. The van der Waals surface area contributed by atoms with E-state index in [1.807, 2.05) is 30.0 Å². The SMILES string of the molecule is O=C(CCc1cccs1)C1CSc2ccccc21. The van der Waals surface area contributed by atoms with E-state index in [0.717, 1.165) is 12.2 Å². The summed E-state index contributed by atoms with van der Waals surface area (Å²) in [7, 11) is 0. The molecule has 0 spiro atoms. The van der Waals surface area contributed by atoms with Crippen LogP contribution in [0, 0.1) is 0 Å². The van der Waals surface area contributed by atoms with Gasteiger partial charge in [0.25, 0.3) is 0 Å². The minimum absolute atomic E-state index is 0.117. The first-order valence-electron chi connectivity index (χ1n) is 6.11. The normalized spacial score (nSPS) is 17.7. The molecular weight excluding hydrogens is 260 g/mol. The first-order valence-corrected chi connectivity index (χ1v) is 7.98. The van der Waals surface area contributed by atoms with Crippen molar-refractivity contribution in [1.29, 1.82) is 0 Å². The number of benzene rings is 1. The number of hydrogen-bond donors (Lipinski definition) is 0. The molecule has 0 saturated carbocycles. The molecule has 1 nitrogen and oxygen atoms in total. The fraction of sp³-hybridized carbons (Fsp3) is 0.267. The van der Waals surface area contributed by atoms with Gasteiger partial charge in [-0.05, 0) is 29.5 Å². The highest BCUT2D eigenvalue weighted by molar-refractivity contribution is 7.99. The lowest BCUT2D eigenvalue weighted by molar-refractivity contribution is -0.119. The lowest BCUT2D eigenvalue weighted by atomic mass is 9.94. The van der Waals surface area contributed by atoms with Crippen LogP contribution < -0.4 is 0 Å². The average Bonchev–Trinajstić information content (AvgIpc) is 3.05. The standard InChI is InChI=1S/C15H14OS2/c16-14(8-7-11-4-3-9-17-11)13-10-18-15-6-2-1-5-12(13)15/h1-6,9,13H,7-8,10H2. The van der Waals surface area contributed by atoms with Crippen LogP contribution in [0.25, 0.3) is 0 Å². The van der Waals surface area contributed by atoms with Crippen LogP contribution >= 0.6 is 23.1 Å². The van der Waals surface area contributed by atoms with Gasteiger partial charge in [-0.3, -0.25) is 4.79 Å². The van der Waals surface area contributed by atoms with Gasteiger partial charge >= 0.3 is 0 Å². The molecule has 0 bridgehead atoms. The fourth-order valence-corrected chi connectivity index (χ4v) is 4.28. The summed E-state index contributed by atoms with van der Waals surface area (Å²) >= 11 is 3.55. The van der Waals surface area contributed by atoms with Crippen LogP contribution in [0.1, 0.15) is 22.8 Å². The molecule has 0 aliphatic carbocycles. The Morgan fingerprint density at radius 2 is 2.11 bits per heavy atom. The van der Waals surface area contributed by atoms with Crippen molar-refractivity contribution in [3.05, 3.63) is 52.2 Å². The van der Waals surface area contributed by atoms with Crippen LogP contribution in [-0.4, -0.2) is 11.5 Å². The Bertz CT molecular complexity index is 545. The summed E-state index contributed by atoms with van der Waals surface area (Å²) in [5, 5.41) is 2.07. The monoisotopic (exact) mass is 274 g/mol. The number of thioether (sulfide) groups is 1. The van der Waals surface area contributed by atoms with Crippen LogP contribution in [0.2, 0.25) is 0 Å². The predicted octanol–water partition coefficient (Wildman–Crippen LogP) is 4.14. The zero-order valence-electron chi connectivity index (χ0n) is 9.96. The summed E-state index contributed by atoms with van der Waals surface area (Å²) in [6.07, 6.45) is 1.56. The lowest BCUT2D eigenvalue weighted by Crippen LogP contribution is -2.12. The molecule has 0 amide bonds. The third-order valence-corrected chi connectivity index (χ3v) is 5.41. The fourth-order valence-electron chi connectivity index (χ4n) is 2.30. The first-order chi connectivity index (χ1) is 8.84. The number of rotatable bonds is 4. The van der Waals surface area contributed by atoms with E-state index >= 15 is 0 Å². The highest BCUT2D eigenvalue weighted by Gasteiger charge is 2.28. The second kappa shape index (κ2) is 5.29. The second-order valence-corrected chi connectivity index (χ2v) is 6.54. The largest absolute Gasteiger partial charge is 0.299 e. The van der Waals surface area contributed by atoms with Crippen LogP contribution in [0.15, 0.2) is 46.7 Å². The number of fused-ring (bicyclic) bond motifs is 1. The Kier molecular flexibility index (Phi) is 3.52. The van der Waals surface area contributed by atoms with Crippen molar-refractivity contribution < 1.29 is 4.79 Å². The number of carbonyl (C=O) groups excluding carboxylic acids is 1. The number of carbonyl (C=O) groups is 1. The van der Waals surface area contributed by atoms with Gasteiger partial charge in [-0.1, -0.05) is 24.3 Å². The van der Waals surface area contributed by atoms with Gasteiger partial charge in [-0.25, -0.2) is 0 Å². The molecule has 0 radical (unpaired) electrons. The van der Waals surface area contributed by atoms with E-state index in [1.54, 1.807) is 11.3 Å². The van der Waals surface area contributed by atoms with Gasteiger partial charge in [0.2, 0.25) is 0 Å². The Morgan fingerprint density at radius 3 is 2.94 bits per heavy atom. The van der Waals surface area contributed by atoms with Crippen LogP contribution in [0.4, 0.5) is 0 Å². The van der Waals surface area contributed by atoms with Crippen molar-refractivity contribution >= 4 is 28.9 Å². The van der Waals surface area contributed by atoms with E-state index in [1.165, 1.54) is 15.3 Å². The van der Waals surface area contributed by atoms with Crippen molar-refractivity contribution in [3.8, 4) is 0 Å². The molecular formula is C15H14OS2. The van der Waals surface area contributed by atoms with Crippen molar-refractivity contribution in [2.75, 3.05) is 5.75 Å². The molecule has 1 unspecified atom stereocenters. The summed E-state index contributed by atoms with van der Waals surface area (Å²) in [5.41, 5.74) is 1.23. The maximum absolute atomic E-state index is 12.3. The predicted molar refractivity (Wildman–Crippen MR) is 77.6 cm³/mol. The quantitative estimate of drug-likeness (QED) is 0.833. The van der Waals surface area contributed by atoms with E-state index in [0.29, 0.717) is 12.2 Å². The lowest BCUT2D eigenvalue weighted by Gasteiger charge is -2.08. The molecule has 1 aliphatic rings. The number of aryl methyl sites for hydroxylation is 1. The molecule has 1 aliphatic heterocycles. The van der Waals surface area contributed by atoms with Gasteiger partial charge in [-0.15, -0.1) is 23.1 Å². The Morgan fingerprint density at radius 1 is 1.22 bits per heavy atom. The summed E-state index contributed by atoms with van der Waals surface area (Å²) < 4.78 is 0. The highest BCUT2D eigenvalue weighted by atomic mass is 32.2. The number of Topliss-reactive ketones (excluding diaryl/α,β-unsaturated/α-hetero) is 1. The molecule has 1 atom stereocenters. The van der Waals surface area contributed by atoms with E-state index in [2.05, 4.69) is 23.6 Å². The second-order valence-electron chi connectivity index (χ2n) is 4.45. The zero-order valence-corrected chi connectivity index (χ0v) is 11.6. The van der Waals surface area contributed by atoms with Gasteiger partial charge in [0.1, 0.15) is 5.78 Å². The molecule has 3 rings (SSSR count). The van der Waals surface area contributed by atoms with E-state index < -0.39 is 0 Å². The Balaban J connectivity index is 1.67. The van der Waals surface area contributed by atoms with E-state index in [-0.39, 0.29) is 5.92 Å². The maximum atomic E-state index is 12.3. The highest BCUT2D eigenvalue weighted by Crippen LogP contribution is 2.40. The van der Waals surface area contributed by atoms with Crippen LogP contribution in [-0.2, 0) is 11.2 Å². The molecule has 2 heterocycles. The molecule has 2 aromatic rings. The molecule has 0 N–H and O–H groups in total. The Labute approximate surface area is 115 Å². The van der Waals surface area contributed by atoms with Gasteiger partial charge in [0.15, 0.2) is 0 Å². The van der Waals surface area contributed by atoms with Crippen molar-refractivity contribution in [2.45, 2.75) is 23.7 Å². The third kappa shape index (κ3) is 2.38. The number of hydrogen-bond acceptors (Lipinski definition) is 3. The molecule has 1 aromatic heterocycles. The van der Waals surface area contributed by atoms with Crippen LogP contribution in [0.5, 0.6) is 0 Å². The summed E-state index contributed by atoms with van der Waals surface area (Å²) in [6.45, 7) is 0. The van der Waals surface area contributed by atoms with Gasteiger partial charge in [0, 0.05) is 21.9 Å². The smallest absolute Gasteiger partial charge is 0.141 e. The molecule has 18 heavy (non-hydrogen) atoms. The minimum Gasteiger partial charge on any atom is -0.299 e. The van der Waals surface area contributed by atoms with Crippen molar-refractivity contribution in [1.82, 2.24) is 0 Å². The topological polar surface area (TPSA) is 17.1 Å². The van der Waals surface area contributed by atoms with E-state index in [9.17, 15) is 4.79 Å². The third-order valence-electron chi connectivity index (χ3n) is 3.29. The number of ketones is 1. The maximum Gasteiger partial charge on any atom is 0.141 e. The average molecular weight is 274 g/mol. The summed E-state index contributed by atoms with van der Waals surface area (Å²) in [6, 6.07) is 12.4. The Hall–Kier alpha value is -1.06. The number of thiophene rings is 1. The van der Waals surface area contributed by atoms with Gasteiger partial charge in [0.05, 0.1) is 5.92 Å². The molecule has 92 valence electrons. The molecule has 0 saturated heterocycles. The van der Waals surface area contributed by atoms with Crippen molar-refractivity contribution in [3.63, 3.8) is 0 Å². The molecule has 0 fully saturated rings. The van der Waals surface area contributed by atoms with Gasteiger partial charge in [-0.2, -0.15) is 0 Å². The van der Waals surface area contributed by atoms with Crippen molar-refractivity contribution in [2.24, 2.45) is 0 Å². The summed E-state index contributed by atoms with van der Waals surface area (Å²) in [5.74, 6) is 1.43. The van der Waals surface area contributed by atoms with E-state index in [4.69, 9.17) is 0 Å². The van der Waals surface area contributed by atoms with Gasteiger partial charge < -0.3 is 0 Å². The van der Waals surface area contributed by atoms with Crippen LogP contribution in [0.3, 0.4) is 0 Å². The first kappa shape index (κ1) is 12.0. The minimum atomic E-state index is 0.117. The summed E-state index contributed by atoms with van der Waals surface area (Å²) in [4.78, 5) is 14.9.